The van der Waals surface area contributed by atoms with Crippen LogP contribution in [0.1, 0.15) is 12.5 Å². The number of anilines is 2. The first-order valence-corrected chi connectivity index (χ1v) is 7.90. The molecule has 2 aromatic rings. The molecule has 0 aliphatic heterocycles. The van der Waals surface area contributed by atoms with Crippen molar-refractivity contribution in [3.63, 3.8) is 0 Å². The molecule has 2 N–H and O–H groups in total. The highest BCUT2D eigenvalue weighted by atomic mass is 79.9. The molecule has 0 saturated heterocycles. The van der Waals surface area contributed by atoms with Crippen molar-refractivity contribution < 1.29 is 14.3 Å². The van der Waals surface area contributed by atoms with Crippen molar-refractivity contribution in [1.29, 1.82) is 0 Å². The normalized spacial score (nSPS) is 10.0. The topological polar surface area (TPSA) is 67.4 Å². The van der Waals surface area contributed by atoms with Crippen LogP contribution in [0.15, 0.2) is 46.9 Å². The zero-order valence-corrected chi connectivity index (χ0v) is 14.4. The lowest BCUT2D eigenvalue weighted by Gasteiger charge is -2.09. The number of halogens is 1. The second kappa shape index (κ2) is 7.78. The van der Waals surface area contributed by atoms with Gasteiger partial charge in [-0.05, 0) is 61.9 Å². The van der Waals surface area contributed by atoms with Gasteiger partial charge in [-0.15, -0.1) is 0 Å². The Morgan fingerprint density at radius 2 is 1.70 bits per heavy atom. The Morgan fingerprint density at radius 3 is 2.30 bits per heavy atom. The molecule has 0 bridgehead atoms. The van der Waals surface area contributed by atoms with Gasteiger partial charge in [0.05, 0.1) is 6.61 Å². The highest BCUT2D eigenvalue weighted by Gasteiger charge is 2.15. The quantitative estimate of drug-likeness (QED) is 0.798. The molecule has 6 heteroatoms. The minimum atomic E-state index is -0.725. The van der Waals surface area contributed by atoms with Gasteiger partial charge in [-0.3, -0.25) is 9.59 Å². The number of aryl methyl sites for hydroxylation is 1. The van der Waals surface area contributed by atoms with E-state index >= 15 is 0 Å². The molecule has 0 radical (unpaired) electrons. The van der Waals surface area contributed by atoms with Gasteiger partial charge in [0, 0.05) is 15.8 Å². The van der Waals surface area contributed by atoms with Crippen LogP contribution in [0.3, 0.4) is 0 Å². The zero-order valence-electron chi connectivity index (χ0n) is 12.9. The van der Waals surface area contributed by atoms with Crippen LogP contribution in [-0.2, 0) is 9.59 Å². The number of carbonyl (C=O) groups excluding carboxylic acids is 2. The summed E-state index contributed by atoms with van der Waals surface area (Å²) in [5.41, 5.74) is 1.99. The molecular formula is C17H17BrN2O3. The summed E-state index contributed by atoms with van der Waals surface area (Å²) < 4.78 is 6.23. The van der Waals surface area contributed by atoms with Gasteiger partial charge in [0.1, 0.15) is 5.75 Å². The second-order valence-electron chi connectivity index (χ2n) is 4.82. The van der Waals surface area contributed by atoms with Crippen molar-refractivity contribution in [2.24, 2.45) is 0 Å². The summed E-state index contributed by atoms with van der Waals surface area (Å²) in [5.74, 6) is -0.735. The fourth-order valence-electron chi connectivity index (χ4n) is 1.94. The molecule has 0 aliphatic carbocycles. The fourth-order valence-corrected chi connectivity index (χ4v) is 2.41. The molecule has 2 rings (SSSR count). The third-order valence-electron chi connectivity index (χ3n) is 3.07. The van der Waals surface area contributed by atoms with E-state index in [1.807, 2.05) is 19.9 Å². The third kappa shape index (κ3) is 4.82. The maximum absolute atomic E-state index is 12.0. The van der Waals surface area contributed by atoms with Crippen LogP contribution in [0.5, 0.6) is 5.75 Å². The molecule has 0 fully saturated rings. The SMILES string of the molecule is CCOc1ccc(NC(=O)C(=O)Nc2ccc(Br)cc2C)cc1. The van der Waals surface area contributed by atoms with Crippen molar-refractivity contribution >= 4 is 39.1 Å². The fraction of sp³-hybridized carbons (Fsp3) is 0.176. The summed E-state index contributed by atoms with van der Waals surface area (Å²) >= 11 is 3.35. The van der Waals surface area contributed by atoms with E-state index in [2.05, 4.69) is 26.6 Å². The number of benzene rings is 2. The Hall–Kier alpha value is -2.34. The maximum Gasteiger partial charge on any atom is 0.314 e. The lowest BCUT2D eigenvalue weighted by Crippen LogP contribution is -2.29. The van der Waals surface area contributed by atoms with Gasteiger partial charge in [0.2, 0.25) is 0 Å². The van der Waals surface area contributed by atoms with Gasteiger partial charge in [-0.2, -0.15) is 0 Å². The predicted octanol–water partition coefficient (Wildman–Crippen LogP) is 3.73. The van der Waals surface area contributed by atoms with Crippen molar-refractivity contribution in [3.05, 3.63) is 52.5 Å². The third-order valence-corrected chi connectivity index (χ3v) is 3.56. The van der Waals surface area contributed by atoms with E-state index in [4.69, 9.17) is 4.74 Å². The van der Waals surface area contributed by atoms with Crippen LogP contribution >= 0.6 is 15.9 Å². The summed E-state index contributed by atoms with van der Waals surface area (Å²) in [6, 6.07) is 12.2. The lowest BCUT2D eigenvalue weighted by atomic mass is 10.2. The second-order valence-corrected chi connectivity index (χ2v) is 5.74. The minimum absolute atomic E-state index is 0.529. The number of carbonyl (C=O) groups is 2. The number of rotatable bonds is 4. The predicted molar refractivity (Wildman–Crippen MR) is 93.7 cm³/mol. The molecule has 2 amide bonds. The molecule has 0 saturated carbocycles. The Labute approximate surface area is 143 Å². The molecule has 0 aromatic heterocycles. The Bertz CT molecular complexity index is 714. The molecular weight excluding hydrogens is 360 g/mol. The highest BCUT2D eigenvalue weighted by Crippen LogP contribution is 2.20. The first-order valence-electron chi connectivity index (χ1n) is 7.11. The van der Waals surface area contributed by atoms with Gasteiger partial charge in [0.15, 0.2) is 0 Å². The molecule has 5 nitrogen and oxygen atoms in total. The van der Waals surface area contributed by atoms with Crippen molar-refractivity contribution in [3.8, 4) is 5.75 Å². The summed E-state index contributed by atoms with van der Waals surface area (Å²) in [4.78, 5) is 23.9. The number of amides is 2. The van der Waals surface area contributed by atoms with Crippen molar-refractivity contribution in [1.82, 2.24) is 0 Å². The van der Waals surface area contributed by atoms with Crippen LogP contribution in [0.25, 0.3) is 0 Å². The molecule has 0 heterocycles. The van der Waals surface area contributed by atoms with Gasteiger partial charge >= 0.3 is 11.8 Å². The summed E-state index contributed by atoms with van der Waals surface area (Å²) in [5, 5.41) is 5.14. The van der Waals surface area contributed by atoms with Gasteiger partial charge in [-0.25, -0.2) is 0 Å². The van der Waals surface area contributed by atoms with E-state index in [1.165, 1.54) is 0 Å². The van der Waals surface area contributed by atoms with Gasteiger partial charge in [0.25, 0.3) is 0 Å². The zero-order chi connectivity index (χ0) is 16.8. The van der Waals surface area contributed by atoms with Crippen LogP contribution in [0, 0.1) is 6.92 Å². The van der Waals surface area contributed by atoms with Gasteiger partial charge < -0.3 is 15.4 Å². The number of hydrogen-bond donors (Lipinski definition) is 2. The molecule has 0 aliphatic rings. The van der Waals surface area contributed by atoms with Crippen molar-refractivity contribution in [2.75, 3.05) is 17.2 Å². The van der Waals surface area contributed by atoms with Gasteiger partial charge in [-0.1, -0.05) is 15.9 Å². The Morgan fingerprint density at radius 1 is 1.04 bits per heavy atom. The van der Waals surface area contributed by atoms with E-state index in [0.29, 0.717) is 23.7 Å². The van der Waals surface area contributed by atoms with Crippen LogP contribution in [-0.4, -0.2) is 18.4 Å². The molecule has 0 spiro atoms. The van der Waals surface area contributed by atoms with E-state index in [0.717, 1.165) is 10.0 Å². The maximum atomic E-state index is 12.0. The lowest BCUT2D eigenvalue weighted by molar-refractivity contribution is -0.133. The monoisotopic (exact) mass is 376 g/mol. The Balaban J connectivity index is 1.98. The minimum Gasteiger partial charge on any atom is -0.494 e. The molecule has 120 valence electrons. The van der Waals surface area contributed by atoms with Crippen LogP contribution < -0.4 is 15.4 Å². The molecule has 23 heavy (non-hydrogen) atoms. The largest absolute Gasteiger partial charge is 0.494 e. The highest BCUT2D eigenvalue weighted by molar-refractivity contribution is 9.10. The van der Waals surface area contributed by atoms with Crippen LogP contribution in [0.2, 0.25) is 0 Å². The first-order chi connectivity index (χ1) is 11.0. The van der Waals surface area contributed by atoms with Crippen LogP contribution in [0.4, 0.5) is 11.4 Å². The van der Waals surface area contributed by atoms with E-state index < -0.39 is 11.8 Å². The molecule has 2 aromatic carbocycles. The first kappa shape index (κ1) is 17.0. The average molecular weight is 377 g/mol. The number of hydrogen-bond acceptors (Lipinski definition) is 3. The standard InChI is InChI=1S/C17H17BrN2O3/c1-3-23-14-7-5-13(6-8-14)19-16(21)17(22)20-15-9-4-12(18)10-11(15)2/h4-10H,3H2,1-2H3,(H,19,21)(H,20,22). The molecule has 0 unspecified atom stereocenters. The molecule has 0 atom stereocenters. The van der Waals surface area contributed by atoms with E-state index in [1.54, 1.807) is 36.4 Å². The smallest absolute Gasteiger partial charge is 0.314 e. The summed E-state index contributed by atoms with van der Waals surface area (Å²) in [6.07, 6.45) is 0. The number of ether oxygens (including phenoxy) is 1. The van der Waals surface area contributed by atoms with Crippen molar-refractivity contribution in [2.45, 2.75) is 13.8 Å². The summed E-state index contributed by atoms with van der Waals surface area (Å²) in [7, 11) is 0. The van der Waals surface area contributed by atoms with E-state index in [9.17, 15) is 9.59 Å². The number of nitrogens with one attached hydrogen (secondary N) is 2. The average Bonchev–Trinajstić information content (AvgIpc) is 2.52. The Kier molecular flexibility index (Phi) is 5.76. The van der Waals surface area contributed by atoms with E-state index in [-0.39, 0.29) is 0 Å². The summed E-state index contributed by atoms with van der Waals surface area (Å²) in [6.45, 7) is 4.31.